The summed E-state index contributed by atoms with van der Waals surface area (Å²) in [6, 6.07) is 60.7. The zero-order valence-corrected chi connectivity index (χ0v) is 44.9. The molecule has 17 heteroatoms. The van der Waals surface area contributed by atoms with Gasteiger partial charge in [0.05, 0.1) is 143 Å². The molecule has 10 aromatic carbocycles. The van der Waals surface area contributed by atoms with E-state index in [-0.39, 0.29) is 72.5 Å². The van der Waals surface area contributed by atoms with Crippen LogP contribution in [-0.2, 0) is 12.4 Å². The molecule has 0 aliphatic rings. The number of rotatable bonds is 7. The second-order valence-electron chi connectivity index (χ2n) is 20.3. The number of hydrogen-bond acceptors (Lipinski definition) is 9. The molecule has 0 radical (unpaired) electrons. The summed E-state index contributed by atoms with van der Waals surface area (Å²) in [7, 11) is 0. The van der Waals surface area contributed by atoms with Gasteiger partial charge in [0, 0.05) is 32.7 Å². The first-order chi connectivity index (χ1) is 42.5. The topological polar surface area (TPSA) is 224 Å². The van der Waals surface area contributed by atoms with Gasteiger partial charge in [0.2, 0.25) is 0 Å². The molecule has 2 aromatic heterocycles. The third-order valence-electron chi connectivity index (χ3n) is 15.5. The van der Waals surface area contributed by atoms with Crippen LogP contribution in [0.3, 0.4) is 0 Å². The third-order valence-corrected chi connectivity index (χ3v) is 15.5. The zero-order chi connectivity index (χ0) is 61.9. The highest BCUT2D eigenvalue weighted by atomic mass is 19.4. The van der Waals surface area contributed by atoms with Crippen LogP contribution in [0.2, 0.25) is 0 Å². The monoisotopic (exact) mass is 1150 g/mol. The molecule has 0 atom stereocenters. The summed E-state index contributed by atoms with van der Waals surface area (Å²) >= 11 is 0. The van der Waals surface area contributed by atoms with Gasteiger partial charge in [-0.25, -0.2) is 0 Å². The maximum absolute atomic E-state index is 15.8. The largest absolute Gasteiger partial charge is 0.417 e. The van der Waals surface area contributed by atoms with E-state index in [1.807, 2.05) is 24.3 Å². The van der Waals surface area contributed by atoms with Gasteiger partial charge in [-0.3, -0.25) is 0 Å². The molecule has 0 aliphatic heterocycles. The Balaban J connectivity index is 1.22. The van der Waals surface area contributed by atoms with Crippen LogP contribution in [0.5, 0.6) is 0 Å². The Bertz CT molecular complexity index is 5200. The van der Waals surface area contributed by atoms with Crippen molar-refractivity contribution in [2.45, 2.75) is 12.4 Å². The van der Waals surface area contributed by atoms with Crippen molar-refractivity contribution in [3.8, 4) is 122 Å². The van der Waals surface area contributed by atoms with Crippen molar-refractivity contribution in [2.75, 3.05) is 0 Å². The quantitative estimate of drug-likeness (QED) is 0.138. The van der Waals surface area contributed by atoms with Crippen molar-refractivity contribution < 1.29 is 26.3 Å². The Morgan fingerprint density at radius 1 is 0.273 bits per heavy atom. The van der Waals surface area contributed by atoms with Crippen molar-refractivity contribution in [1.82, 2.24) is 9.13 Å². The molecule has 12 rings (SSSR count). The van der Waals surface area contributed by atoms with E-state index in [4.69, 9.17) is 0 Å². The van der Waals surface area contributed by atoms with Crippen molar-refractivity contribution in [3.05, 3.63) is 237 Å². The fourth-order valence-electron chi connectivity index (χ4n) is 11.6. The average molecular weight is 1150 g/mol. The van der Waals surface area contributed by atoms with Crippen LogP contribution in [-0.4, -0.2) is 9.13 Å². The van der Waals surface area contributed by atoms with Crippen LogP contribution in [0.25, 0.3) is 111 Å². The molecule has 0 aliphatic carbocycles. The van der Waals surface area contributed by atoms with Gasteiger partial charge in [0.1, 0.15) is 6.07 Å². The fourth-order valence-corrected chi connectivity index (χ4v) is 11.6. The van der Waals surface area contributed by atoms with Gasteiger partial charge in [0.25, 0.3) is 0 Å². The molecule has 0 unspecified atom stereocenters. The second-order valence-corrected chi connectivity index (χ2v) is 20.3. The Labute approximate surface area is 495 Å². The van der Waals surface area contributed by atoms with E-state index in [2.05, 4.69) is 30.3 Å². The first-order valence-electron chi connectivity index (χ1n) is 26.3. The normalized spacial score (nSPS) is 11.2. The van der Waals surface area contributed by atoms with Gasteiger partial charge < -0.3 is 9.13 Å². The van der Waals surface area contributed by atoms with Crippen molar-refractivity contribution in [3.63, 3.8) is 0 Å². The Morgan fingerprint density at radius 2 is 0.568 bits per heavy atom. The van der Waals surface area contributed by atoms with Crippen LogP contribution in [0.4, 0.5) is 26.3 Å². The Morgan fingerprint density at radius 3 is 0.841 bits per heavy atom. The van der Waals surface area contributed by atoms with Gasteiger partial charge in [-0.1, -0.05) is 54.6 Å². The second kappa shape index (κ2) is 21.2. The van der Waals surface area contributed by atoms with Crippen LogP contribution >= 0.6 is 0 Å². The zero-order valence-electron chi connectivity index (χ0n) is 44.9. The molecule has 0 saturated carbocycles. The maximum atomic E-state index is 15.8. The third kappa shape index (κ3) is 9.12. The van der Waals surface area contributed by atoms with Crippen molar-refractivity contribution >= 4 is 43.6 Å². The van der Waals surface area contributed by atoms with E-state index in [1.54, 1.807) is 102 Å². The molecule has 0 spiro atoms. The minimum atomic E-state index is -5.41. The predicted molar refractivity (Wildman–Crippen MR) is 315 cm³/mol. The number of hydrogen-bond donors (Lipinski definition) is 0. The van der Waals surface area contributed by atoms with E-state index < -0.39 is 34.6 Å². The summed E-state index contributed by atoms with van der Waals surface area (Å²) in [6.07, 6.45) is -10.8. The molecular formula is C71H29F6N11. The number of aromatic nitrogens is 2. The van der Waals surface area contributed by atoms with E-state index >= 15 is 26.3 Å². The fraction of sp³-hybridized carbons (Fsp3) is 0.0282. The average Bonchev–Trinajstić information content (AvgIpc) is 1.54. The molecule has 2 heterocycles. The van der Waals surface area contributed by atoms with Crippen LogP contribution < -0.4 is 0 Å². The lowest BCUT2D eigenvalue weighted by Crippen LogP contribution is -2.15. The number of nitriles is 9. The van der Waals surface area contributed by atoms with E-state index in [9.17, 15) is 47.4 Å². The lowest BCUT2D eigenvalue weighted by atomic mass is 9.90. The highest BCUT2D eigenvalue weighted by Crippen LogP contribution is 2.50. The van der Waals surface area contributed by atoms with Gasteiger partial charge in [0.15, 0.2) is 0 Å². The van der Waals surface area contributed by atoms with Crippen LogP contribution in [0.15, 0.2) is 176 Å². The first kappa shape index (κ1) is 55.3. The molecule has 0 fully saturated rings. The number of nitrogens with zero attached hydrogens (tertiary/aromatic N) is 11. The molecule has 12 aromatic rings. The van der Waals surface area contributed by atoms with Gasteiger partial charge in [-0.05, 0) is 166 Å². The van der Waals surface area contributed by atoms with Crippen molar-refractivity contribution in [1.29, 1.82) is 47.4 Å². The summed E-state index contributed by atoms with van der Waals surface area (Å²) in [6.45, 7) is 0. The van der Waals surface area contributed by atoms with Gasteiger partial charge in [-0.15, -0.1) is 0 Å². The first-order valence-corrected chi connectivity index (χ1v) is 26.3. The molecule has 0 bridgehead atoms. The summed E-state index contributed by atoms with van der Waals surface area (Å²) in [5.74, 6) is 0. The SMILES string of the molecule is N#Cc1ccc(-c2ccc3c(c2)c2cc(-c4ccc(C#N)cc4C#N)ccc2n3-c2cc(-c3c(C(F)(F)F)cccc3C(F)(F)F)c(-n3c4ccc(-c5ccc(C#N)cc5C#N)cc4c4cc(-c5ccc(C#N)cc5C#N)ccc43)cc2C#N)c(C#N)c1. The molecule has 88 heavy (non-hydrogen) atoms. The predicted octanol–water partition coefficient (Wildman–Crippen LogP) is 17.1. The summed E-state index contributed by atoms with van der Waals surface area (Å²) in [5.41, 5.74) is -0.00538. The minimum Gasteiger partial charge on any atom is -0.309 e. The molecule has 410 valence electrons. The standard InChI is InChI=1S/C71H29F6N11/c72-70(73,74)61-2-1-3-62(71(75,76)77)69(61)60-29-67(87-63-16-8-43(52-12-4-39(30-78)20-47(52)34-82)24-56(63)57-25-44(9-17-64(57)87)53-13-5-40(31-79)21-48(53)35-83)51(38-86)28-68(60)88-65-18-10-45(54-14-6-41(32-80)22-49(54)36-84)26-58(65)59-27-46(11-19-66(59)88)55-15-7-42(33-81)23-50(55)37-85/h1-29H. The highest BCUT2D eigenvalue weighted by Gasteiger charge is 2.42. The van der Waals surface area contributed by atoms with Crippen LogP contribution in [0, 0.1) is 102 Å². The molecule has 0 amide bonds. The Hall–Kier alpha value is -13.2. The van der Waals surface area contributed by atoms with Gasteiger partial charge >= 0.3 is 12.4 Å². The van der Waals surface area contributed by atoms with E-state index in [1.165, 1.54) is 59.2 Å². The maximum Gasteiger partial charge on any atom is 0.417 e. The van der Waals surface area contributed by atoms with E-state index in [0.29, 0.717) is 95.3 Å². The summed E-state index contributed by atoms with van der Waals surface area (Å²) in [4.78, 5) is 0. The lowest BCUT2D eigenvalue weighted by molar-refractivity contribution is -0.142. The molecular weight excluding hydrogens is 1120 g/mol. The number of halogens is 6. The smallest absolute Gasteiger partial charge is 0.309 e. The van der Waals surface area contributed by atoms with Crippen molar-refractivity contribution in [2.24, 2.45) is 0 Å². The number of alkyl halides is 6. The summed E-state index contributed by atoms with van der Waals surface area (Å²) < 4.78 is 97.9. The molecule has 0 N–H and O–H groups in total. The number of benzene rings is 10. The van der Waals surface area contributed by atoms with E-state index in [0.717, 1.165) is 6.07 Å². The lowest BCUT2D eigenvalue weighted by Gasteiger charge is -2.24. The summed E-state index contributed by atoms with van der Waals surface area (Å²) in [5, 5.41) is 92.9. The van der Waals surface area contributed by atoms with Gasteiger partial charge in [-0.2, -0.15) is 73.7 Å². The highest BCUT2D eigenvalue weighted by molar-refractivity contribution is 6.14. The molecule has 11 nitrogen and oxygen atoms in total. The minimum absolute atomic E-state index is 0.124. The Kier molecular flexibility index (Phi) is 13.3. The van der Waals surface area contributed by atoms with Crippen LogP contribution in [0.1, 0.15) is 61.2 Å². The number of fused-ring (bicyclic) bond motifs is 6. The molecule has 0 saturated heterocycles.